The molecule has 0 saturated carbocycles. The van der Waals surface area contributed by atoms with Crippen LogP contribution in [-0.4, -0.2) is 34.9 Å². The Bertz CT molecular complexity index is 584. The quantitative estimate of drug-likeness (QED) is 0.381. The summed E-state index contributed by atoms with van der Waals surface area (Å²) in [6, 6.07) is 4.00. The highest BCUT2D eigenvalue weighted by molar-refractivity contribution is 6.30. The van der Waals surface area contributed by atoms with Crippen molar-refractivity contribution in [1.29, 1.82) is 0 Å². The van der Waals surface area contributed by atoms with Crippen LogP contribution in [0.4, 0.5) is 4.39 Å². The number of carbonyl (C=O) groups is 1. The second-order valence-electron chi connectivity index (χ2n) is 5.46. The zero-order valence-corrected chi connectivity index (χ0v) is 12.4. The van der Waals surface area contributed by atoms with Gasteiger partial charge in [0.1, 0.15) is 11.7 Å². The van der Waals surface area contributed by atoms with E-state index in [1.807, 2.05) is 6.92 Å². The molecule has 0 spiro atoms. The van der Waals surface area contributed by atoms with Crippen molar-refractivity contribution in [2.45, 2.75) is 19.8 Å². The van der Waals surface area contributed by atoms with Gasteiger partial charge in [-0.2, -0.15) is 0 Å². The summed E-state index contributed by atoms with van der Waals surface area (Å²) in [5, 5.41) is 12.1. The van der Waals surface area contributed by atoms with Gasteiger partial charge in [-0.05, 0) is 31.0 Å². The lowest BCUT2D eigenvalue weighted by molar-refractivity contribution is 0.0662. The Hall–Kier alpha value is -1.82. The molecule has 1 aromatic carbocycles. The van der Waals surface area contributed by atoms with Gasteiger partial charge in [0.05, 0.1) is 5.56 Å². The molecule has 1 fully saturated rings. The van der Waals surface area contributed by atoms with Crippen molar-refractivity contribution >= 4 is 23.3 Å². The maximum atomic E-state index is 13.8. The number of hydrogen-bond acceptors (Lipinski definition) is 3. The molecule has 2 rings (SSSR count). The molecule has 0 bridgehead atoms. The first-order chi connectivity index (χ1) is 9.87. The van der Waals surface area contributed by atoms with Gasteiger partial charge < -0.3 is 15.8 Å². The molecule has 0 aliphatic carbocycles. The van der Waals surface area contributed by atoms with Crippen LogP contribution in [0, 0.1) is 11.2 Å². The zero-order chi connectivity index (χ0) is 15.6. The molecule has 114 valence electrons. The van der Waals surface area contributed by atoms with Crippen LogP contribution < -0.4 is 5.73 Å². The van der Waals surface area contributed by atoms with Crippen LogP contribution in [0.15, 0.2) is 23.4 Å². The third kappa shape index (κ3) is 3.10. The topological polar surface area (TPSA) is 78.9 Å². The van der Waals surface area contributed by atoms with Crippen molar-refractivity contribution in [3.63, 3.8) is 0 Å². The number of oxime groups is 1. The van der Waals surface area contributed by atoms with Crippen LogP contribution in [0.2, 0.25) is 5.02 Å². The Morgan fingerprint density at radius 1 is 1.48 bits per heavy atom. The molecule has 1 amide bonds. The highest BCUT2D eigenvalue weighted by Crippen LogP contribution is 2.31. The first-order valence-corrected chi connectivity index (χ1v) is 6.97. The van der Waals surface area contributed by atoms with Crippen LogP contribution >= 0.6 is 11.6 Å². The highest BCUT2D eigenvalue weighted by Gasteiger charge is 2.36. The fourth-order valence-electron chi connectivity index (χ4n) is 2.41. The van der Waals surface area contributed by atoms with Crippen molar-refractivity contribution in [2.24, 2.45) is 16.3 Å². The van der Waals surface area contributed by atoms with Crippen molar-refractivity contribution in [3.8, 4) is 0 Å². The Balaban J connectivity index is 2.10. The van der Waals surface area contributed by atoms with Crippen LogP contribution in [0.5, 0.6) is 0 Å². The molecule has 1 heterocycles. The average Bonchev–Trinajstić information content (AvgIpc) is 2.46. The summed E-state index contributed by atoms with van der Waals surface area (Å²) in [6.07, 6.45) is 1.12. The van der Waals surface area contributed by atoms with Crippen LogP contribution in [0.25, 0.3) is 0 Å². The number of rotatable bonds is 2. The van der Waals surface area contributed by atoms with Gasteiger partial charge in [-0.1, -0.05) is 23.7 Å². The number of nitrogens with two attached hydrogens (primary N) is 1. The largest absolute Gasteiger partial charge is 0.409 e. The first-order valence-electron chi connectivity index (χ1n) is 6.60. The summed E-state index contributed by atoms with van der Waals surface area (Å²) in [7, 11) is 0. The smallest absolute Gasteiger partial charge is 0.256 e. The maximum Gasteiger partial charge on any atom is 0.256 e. The summed E-state index contributed by atoms with van der Waals surface area (Å²) < 4.78 is 13.8. The van der Waals surface area contributed by atoms with Gasteiger partial charge in [0, 0.05) is 23.5 Å². The van der Waals surface area contributed by atoms with E-state index in [-0.39, 0.29) is 22.3 Å². The molecule has 0 aromatic heterocycles. The minimum Gasteiger partial charge on any atom is -0.409 e. The van der Waals surface area contributed by atoms with Crippen molar-refractivity contribution in [2.75, 3.05) is 13.1 Å². The Labute approximate surface area is 127 Å². The molecule has 1 saturated heterocycles. The first kappa shape index (κ1) is 15.6. The summed E-state index contributed by atoms with van der Waals surface area (Å²) in [5.74, 6) is -0.838. The van der Waals surface area contributed by atoms with Crippen LogP contribution in [0.3, 0.4) is 0 Å². The lowest BCUT2D eigenvalue weighted by Gasteiger charge is -2.38. The van der Waals surface area contributed by atoms with E-state index in [0.29, 0.717) is 25.9 Å². The molecular weight excluding hydrogens is 297 g/mol. The van der Waals surface area contributed by atoms with E-state index >= 15 is 0 Å². The summed E-state index contributed by atoms with van der Waals surface area (Å²) in [4.78, 5) is 13.9. The molecule has 3 N–H and O–H groups in total. The Kier molecular flexibility index (Phi) is 4.37. The number of hydrogen-bond donors (Lipinski definition) is 2. The zero-order valence-electron chi connectivity index (χ0n) is 11.6. The van der Waals surface area contributed by atoms with E-state index in [0.717, 1.165) is 6.07 Å². The molecule has 1 aliphatic heterocycles. The van der Waals surface area contributed by atoms with Crippen LogP contribution in [-0.2, 0) is 0 Å². The fourth-order valence-corrected chi connectivity index (χ4v) is 2.57. The fraction of sp³-hybridized carbons (Fsp3) is 0.429. The predicted molar refractivity (Wildman–Crippen MR) is 78.1 cm³/mol. The van der Waals surface area contributed by atoms with E-state index in [1.165, 1.54) is 12.1 Å². The monoisotopic (exact) mass is 313 g/mol. The normalized spacial score (nSPS) is 18.6. The van der Waals surface area contributed by atoms with Gasteiger partial charge in [0.15, 0.2) is 0 Å². The van der Waals surface area contributed by atoms with E-state index in [4.69, 9.17) is 22.5 Å². The highest BCUT2D eigenvalue weighted by atomic mass is 35.5. The molecule has 1 aliphatic rings. The lowest BCUT2D eigenvalue weighted by atomic mass is 9.79. The number of amides is 1. The Morgan fingerprint density at radius 2 is 2.10 bits per heavy atom. The minimum absolute atomic E-state index is 0.00630. The molecule has 0 unspecified atom stereocenters. The molecule has 7 heteroatoms. The molecule has 0 radical (unpaired) electrons. The van der Waals surface area contributed by atoms with Gasteiger partial charge in [-0.25, -0.2) is 4.39 Å². The number of likely N-dealkylation sites (tertiary alicyclic amines) is 1. The average molecular weight is 314 g/mol. The van der Waals surface area contributed by atoms with Gasteiger partial charge >= 0.3 is 0 Å². The number of halogens is 2. The second-order valence-corrected chi connectivity index (χ2v) is 5.90. The van der Waals surface area contributed by atoms with E-state index in [1.54, 1.807) is 4.90 Å². The number of carbonyl (C=O) groups excluding carboxylic acids is 1. The maximum absolute atomic E-state index is 13.8. The van der Waals surface area contributed by atoms with Gasteiger partial charge in [-0.3, -0.25) is 4.79 Å². The number of nitrogens with zero attached hydrogens (tertiary/aromatic N) is 2. The van der Waals surface area contributed by atoms with Crippen LogP contribution in [0.1, 0.15) is 30.1 Å². The molecular formula is C14H17ClFN3O2. The minimum atomic E-state index is -0.628. The second kappa shape index (κ2) is 5.89. The third-order valence-corrected chi connectivity index (χ3v) is 4.28. The number of amidine groups is 1. The Morgan fingerprint density at radius 3 is 2.62 bits per heavy atom. The SMILES string of the molecule is CC1(/C(N)=N/O)CCN(C(=O)c2ccc(Cl)cc2F)CC1. The third-order valence-electron chi connectivity index (χ3n) is 4.04. The predicted octanol–water partition coefficient (Wildman–Crippen LogP) is 2.47. The standard InChI is InChI=1S/C14H17ClFN3O2/c1-14(13(17)18-21)4-6-19(7-5-14)12(20)10-3-2-9(15)8-11(10)16/h2-3,8,21H,4-7H2,1H3,(H2,17,18). The molecule has 5 nitrogen and oxygen atoms in total. The van der Waals surface area contributed by atoms with Gasteiger partial charge in [-0.15, -0.1) is 0 Å². The number of benzene rings is 1. The van der Waals surface area contributed by atoms with Gasteiger partial charge in [0.25, 0.3) is 5.91 Å². The molecule has 0 atom stereocenters. The summed E-state index contributed by atoms with van der Waals surface area (Å²) in [5.41, 5.74) is 5.24. The van der Waals surface area contributed by atoms with E-state index in [9.17, 15) is 9.18 Å². The van der Waals surface area contributed by atoms with Crippen molar-refractivity contribution in [1.82, 2.24) is 4.90 Å². The van der Waals surface area contributed by atoms with Crippen molar-refractivity contribution < 1.29 is 14.4 Å². The van der Waals surface area contributed by atoms with E-state index < -0.39 is 11.2 Å². The molecule has 21 heavy (non-hydrogen) atoms. The van der Waals surface area contributed by atoms with Gasteiger partial charge in [0.2, 0.25) is 0 Å². The van der Waals surface area contributed by atoms with Crippen molar-refractivity contribution in [3.05, 3.63) is 34.6 Å². The van der Waals surface area contributed by atoms with E-state index in [2.05, 4.69) is 5.16 Å². The lowest BCUT2D eigenvalue weighted by Crippen LogP contribution is -2.47. The number of piperidine rings is 1. The molecule has 1 aromatic rings. The summed E-state index contributed by atoms with van der Waals surface area (Å²) >= 11 is 5.68. The summed E-state index contributed by atoms with van der Waals surface area (Å²) in [6.45, 7) is 2.73.